The van der Waals surface area contributed by atoms with Gasteiger partial charge in [-0.2, -0.15) is 0 Å². The lowest BCUT2D eigenvalue weighted by molar-refractivity contribution is 0.0531. The second kappa shape index (κ2) is 4.66. The van der Waals surface area contributed by atoms with Gasteiger partial charge in [0.05, 0.1) is 17.8 Å². The van der Waals surface area contributed by atoms with Crippen molar-refractivity contribution in [3.63, 3.8) is 0 Å². The molecule has 0 atom stereocenters. The number of aromatic nitrogens is 1. The lowest BCUT2D eigenvalue weighted by atomic mass is 10.2. The van der Waals surface area contributed by atoms with E-state index in [0.29, 0.717) is 5.52 Å². The summed E-state index contributed by atoms with van der Waals surface area (Å²) in [6, 6.07) is 6.54. The molecular formula is C14H16FNO3. The molecule has 0 saturated carbocycles. The minimum atomic E-state index is -0.698. The largest absolute Gasteiger partial charge is 0.443 e. The first-order valence-electron chi connectivity index (χ1n) is 5.97. The van der Waals surface area contributed by atoms with E-state index in [9.17, 15) is 14.3 Å². The van der Waals surface area contributed by atoms with Crippen molar-refractivity contribution in [1.29, 1.82) is 0 Å². The minimum Gasteiger partial charge on any atom is -0.443 e. The number of benzene rings is 1. The predicted octanol–water partition coefficient (Wildman–Crippen LogP) is 3.06. The van der Waals surface area contributed by atoms with Crippen LogP contribution in [0.5, 0.6) is 0 Å². The number of para-hydroxylation sites is 1. The molecule has 0 spiro atoms. The Bertz CT molecular complexity index is 625. The van der Waals surface area contributed by atoms with Crippen LogP contribution in [0, 0.1) is 5.82 Å². The third-order valence-corrected chi connectivity index (χ3v) is 2.63. The van der Waals surface area contributed by atoms with Crippen LogP contribution in [0.4, 0.5) is 9.18 Å². The molecule has 19 heavy (non-hydrogen) atoms. The Labute approximate surface area is 110 Å². The molecule has 0 aliphatic heterocycles. The number of ether oxygens (including phenoxy) is 1. The zero-order valence-electron chi connectivity index (χ0n) is 11.1. The summed E-state index contributed by atoms with van der Waals surface area (Å²) < 4.78 is 20.4. The minimum absolute atomic E-state index is 0.0875. The van der Waals surface area contributed by atoms with E-state index in [1.807, 2.05) is 0 Å². The molecule has 0 saturated heterocycles. The molecule has 1 heterocycles. The molecule has 1 aromatic heterocycles. The fourth-order valence-electron chi connectivity index (χ4n) is 1.91. The van der Waals surface area contributed by atoms with E-state index in [0.717, 1.165) is 4.57 Å². The van der Waals surface area contributed by atoms with Gasteiger partial charge in [0, 0.05) is 5.39 Å². The summed E-state index contributed by atoms with van der Waals surface area (Å²) in [7, 11) is 0. The zero-order valence-corrected chi connectivity index (χ0v) is 11.1. The summed E-state index contributed by atoms with van der Waals surface area (Å²) in [5.74, 6) is -0.594. The molecule has 1 aromatic carbocycles. The van der Waals surface area contributed by atoms with E-state index >= 15 is 0 Å². The number of aliphatic hydroxyl groups is 1. The number of carbonyl (C=O) groups excluding carboxylic acids is 1. The van der Waals surface area contributed by atoms with Gasteiger partial charge < -0.3 is 9.84 Å². The van der Waals surface area contributed by atoms with Crippen LogP contribution in [0.1, 0.15) is 26.5 Å². The average molecular weight is 265 g/mol. The maximum absolute atomic E-state index is 14.1. The lowest BCUT2D eigenvalue weighted by Crippen LogP contribution is -2.28. The number of halogens is 1. The van der Waals surface area contributed by atoms with Crippen molar-refractivity contribution in [3.05, 3.63) is 35.8 Å². The Morgan fingerprint density at radius 3 is 2.58 bits per heavy atom. The Kier molecular flexibility index (Phi) is 3.32. The van der Waals surface area contributed by atoms with Crippen molar-refractivity contribution in [2.24, 2.45) is 0 Å². The summed E-state index contributed by atoms with van der Waals surface area (Å²) in [5.41, 5.74) is -0.389. The van der Waals surface area contributed by atoms with Gasteiger partial charge in [0.2, 0.25) is 0 Å². The highest BCUT2D eigenvalue weighted by Gasteiger charge is 2.25. The maximum atomic E-state index is 14.1. The molecule has 2 rings (SSSR count). The van der Waals surface area contributed by atoms with Crippen LogP contribution in [-0.2, 0) is 11.3 Å². The molecule has 5 heteroatoms. The number of aliphatic hydroxyl groups excluding tert-OH is 1. The highest BCUT2D eigenvalue weighted by Crippen LogP contribution is 2.26. The van der Waals surface area contributed by atoms with Crippen LogP contribution < -0.4 is 0 Å². The molecule has 0 unspecified atom stereocenters. The van der Waals surface area contributed by atoms with Crippen molar-refractivity contribution in [3.8, 4) is 0 Å². The lowest BCUT2D eigenvalue weighted by Gasteiger charge is -2.20. The third-order valence-electron chi connectivity index (χ3n) is 2.63. The molecular weight excluding hydrogens is 249 g/mol. The molecule has 102 valence electrons. The van der Waals surface area contributed by atoms with Crippen LogP contribution in [0.15, 0.2) is 24.3 Å². The van der Waals surface area contributed by atoms with Crippen LogP contribution in [0.2, 0.25) is 0 Å². The molecule has 4 nitrogen and oxygen atoms in total. The van der Waals surface area contributed by atoms with E-state index in [1.165, 1.54) is 0 Å². The molecule has 0 fully saturated rings. The first kappa shape index (κ1) is 13.5. The second-order valence-corrected chi connectivity index (χ2v) is 5.25. The Morgan fingerprint density at radius 2 is 2.00 bits per heavy atom. The number of hydrogen-bond donors (Lipinski definition) is 1. The highest BCUT2D eigenvalue weighted by molar-refractivity contribution is 5.91. The van der Waals surface area contributed by atoms with Gasteiger partial charge in [-0.1, -0.05) is 12.1 Å². The molecule has 0 aliphatic carbocycles. The predicted molar refractivity (Wildman–Crippen MR) is 69.5 cm³/mol. The fourth-order valence-corrected chi connectivity index (χ4v) is 1.91. The van der Waals surface area contributed by atoms with Gasteiger partial charge in [0.25, 0.3) is 0 Å². The monoisotopic (exact) mass is 265 g/mol. The van der Waals surface area contributed by atoms with E-state index in [1.54, 1.807) is 45.0 Å². The summed E-state index contributed by atoms with van der Waals surface area (Å²) >= 11 is 0. The van der Waals surface area contributed by atoms with Gasteiger partial charge in [-0.05, 0) is 32.9 Å². The number of rotatable bonds is 1. The average Bonchev–Trinajstić information content (AvgIpc) is 2.60. The van der Waals surface area contributed by atoms with Crippen molar-refractivity contribution in [1.82, 2.24) is 4.57 Å². The molecule has 0 amide bonds. The number of carbonyl (C=O) groups is 1. The number of hydrogen-bond acceptors (Lipinski definition) is 3. The molecule has 0 bridgehead atoms. The van der Waals surface area contributed by atoms with E-state index < -0.39 is 24.1 Å². The van der Waals surface area contributed by atoms with Crippen molar-refractivity contribution in [2.45, 2.75) is 33.0 Å². The van der Waals surface area contributed by atoms with Crippen molar-refractivity contribution >= 4 is 17.0 Å². The molecule has 0 aliphatic rings. The fraction of sp³-hybridized carbons (Fsp3) is 0.357. The topological polar surface area (TPSA) is 51.5 Å². The SMILES string of the molecule is CC(C)(C)OC(=O)n1c(CO)c(F)c2ccccc21. The maximum Gasteiger partial charge on any atom is 0.419 e. The normalized spacial score (nSPS) is 11.8. The van der Waals surface area contributed by atoms with Crippen molar-refractivity contribution < 1.29 is 19.0 Å². The third kappa shape index (κ3) is 2.46. The molecule has 0 radical (unpaired) electrons. The van der Waals surface area contributed by atoms with Gasteiger partial charge in [-0.3, -0.25) is 0 Å². The Morgan fingerprint density at radius 1 is 1.37 bits per heavy atom. The van der Waals surface area contributed by atoms with E-state index in [-0.39, 0.29) is 11.1 Å². The summed E-state index contributed by atoms with van der Waals surface area (Å²) in [6.45, 7) is 4.61. The van der Waals surface area contributed by atoms with Crippen LogP contribution in [-0.4, -0.2) is 21.4 Å². The Balaban J connectivity index is 2.62. The molecule has 1 N–H and O–H groups in total. The smallest absolute Gasteiger partial charge is 0.419 e. The van der Waals surface area contributed by atoms with Crippen LogP contribution in [0.25, 0.3) is 10.9 Å². The summed E-state index contributed by atoms with van der Waals surface area (Å²) in [5, 5.41) is 9.57. The first-order chi connectivity index (χ1) is 8.85. The van der Waals surface area contributed by atoms with Crippen molar-refractivity contribution in [2.75, 3.05) is 0 Å². The quantitative estimate of drug-likeness (QED) is 0.862. The zero-order chi connectivity index (χ0) is 14.2. The van der Waals surface area contributed by atoms with Gasteiger partial charge in [0.1, 0.15) is 5.60 Å². The summed E-state index contributed by atoms with van der Waals surface area (Å²) in [6.07, 6.45) is -0.698. The first-order valence-corrected chi connectivity index (χ1v) is 5.97. The Hall–Kier alpha value is -1.88. The number of fused-ring (bicyclic) bond motifs is 1. The van der Waals surface area contributed by atoms with Crippen LogP contribution >= 0.6 is 0 Å². The van der Waals surface area contributed by atoms with E-state index in [2.05, 4.69) is 0 Å². The van der Waals surface area contributed by atoms with Gasteiger partial charge >= 0.3 is 6.09 Å². The van der Waals surface area contributed by atoms with Gasteiger partial charge in [-0.25, -0.2) is 13.8 Å². The molecule has 2 aromatic rings. The number of nitrogens with zero attached hydrogens (tertiary/aromatic N) is 1. The van der Waals surface area contributed by atoms with Crippen LogP contribution in [0.3, 0.4) is 0 Å². The van der Waals surface area contributed by atoms with E-state index in [4.69, 9.17) is 4.74 Å². The highest BCUT2D eigenvalue weighted by atomic mass is 19.1. The summed E-state index contributed by atoms with van der Waals surface area (Å²) in [4.78, 5) is 12.1. The van der Waals surface area contributed by atoms with Gasteiger partial charge in [-0.15, -0.1) is 0 Å². The second-order valence-electron chi connectivity index (χ2n) is 5.25. The standard InChI is InChI=1S/C14H16FNO3/c1-14(2,3)19-13(18)16-10-7-5-4-6-9(10)12(15)11(16)8-17/h4-7,17H,8H2,1-3H3. The van der Waals surface area contributed by atoms with Gasteiger partial charge in [0.15, 0.2) is 5.82 Å².